The molecule has 4 nitrogen and oxygen atoms in total. The first-order chi connectivity index (χ1) is 11.1. The minimum absolute atomic E-state index is 0.0279. The van der Waals surface area contributed by atoms with Crippen LogP contribution < -0.4 is 5.32 Å². The molecular formula is C18H25FN2O2. The van der Waals surface area contributed by atoms with Crippen molar-refractivity contribution in [1.29, 1.82) is 0 Å². The van der Waals surface area contributed by atoms with E-state index in [0.29, 0.717) is 31.0 Å². The van der Waals surface area contributed by atoms with Crippen molar-refractivity contribution >= 4 is 11.8 Å². The average molecular weight is 320 g/mol. The van der Waals surface area contributed by atoms with Crippen LogP contribution in [-0.4, -0.2) is 36.3 Å². The Kier molecular flexibility index (Phi) is 6.56. The zero-order chi connectivity index (χ0) is 16.7. The molecule has 1 fully saturated rings. The fourth-order valence-electron chi connectivity index (χ4n) is 2.97. The summed E-state index contributed by atoms with van der Waals surface area (Å²) in [7, 11) is 0. The first-order valence-electron chi connectivity index (χ1n) is 8.37. The van der Waals surface area contributed by atoms with E-state index in [1.54, 1.807) is 12.1 Å². The van der Waals surface area contributed by atoms with Crippen molar-refractivity contribution in [3.63, 3.8) is 0 Å². The Balaban J connectivity index is 1.82. The molecule has 0 aromatic heterocycles. The molecule has 0 bridgehead atoms. The van der Waals surface area contributed by atoms with Crippen molar-refractivity contribution in [3.8, 4) is 0 Å². The fraction of sp³-hybridized carbons (Fsp3) is 0.556. The van der Waals surface area contributed by atoms with E-state index in [-0.39, 0.29) is 24.1 Å². The molecule has 0 spiro atoms. The molecule has 126 valence electrons. The van der Waals surface area contributed by atoms with Crippen LogP contribution in [-0.2, 0) is 16.0 Å². The molecule has 23 heavy (non-hydrogen) atoms. The van der Waals surface area contributed by atoms with Gasteiger partial charge in [0.2, 0.25) is 11.8 Å². The molecule has 0 radical (unpaired) electrons. The van der Waals surface area contributed by atoms with Crippen molar-refractivity contribution in [3.05, 3.63) is 35.6 Å². The number of likely N-dealkylation sites (tertiary alicyclic amines) is 1. The van der Waals surface area contributed by atoms with Crippen LogP contribution in [0.15, 0.2) is 24.3 Å². The summed E-state index contributed by atoms with van der Waals surface area (Å²) in [4.78, 5) is 25.8. The smallest absolute Gasteiger partial charge is 0.227 e. The van der Waals surface area contributed by atoms with Crippen LogP contribution in [0, 0.1) is 11.7 Å². The van der Waals surface area contributed by atoms with Gasteiger partial charge in [-0.05, 0) is 42.9 Å². The predicted octanol–water partition coefficient (Wildman–Crippen LogP) is 2.52. The summed E-state index contributed by atoms with van der Waals surface area (Å²) in [6, 6.07) is 6.18. The Bertz CT molecular complexity index is 548. The van der Waals surface area contributed by atoms with E-state index in [4.69, 9.17) is 0 Å². The third-order valence-electron chi connectivity index (χ3n) is 4.18. The lowest BCUT2D eigenvalue weighted by atomic mass is 9.97. The number of benzene rings is 1. The molecule has 2 amide bonds. The van der Waals surface area contributed by atoms with Gasteiger partial charge in [-0.2, -0.15) is 0 Å². The summed E-state index contributed by atoms with van der Waals surface area (Å²) in [5.41, 5.74) is 0.702. The lowest BCUT2D eigenvalue weighted by molar-refractivity contribution is -0.132. The molecule has 1 saturated heterocycles. The van der Waals surface area contributed by atoms with Crippen LogP contribution in [0.25, 0.3) is 0 Å². The van der Waals surface area contributed by atoms with E-state index in [9.17, 15) is 14.0 Å². The summed E-state index contributed by atoms with van der Waals surface area (Å²) < 4.78 is 13.2. The molecule has 1 N–H and O–H groups in total. The number of carbonyl (C=O) groups excluding carboxylic acids is 2. The second-order valence-electron chi connectivity index (χ2n) is 6.21. The maximum Gasteiger partial charge on any atom is 0.227 e. The molecule has 1 aliphatic rings. The summed E-state index contributed by atoms with van der Waals surface area (Å²) in [6.07, 6.45) is 3.59. The Morgan fingerprint density at radius 3 is 2.96 bits per heavy atom. The van der Waals surface area contributed by atoms with Gasteiger partial charge in [0.15, 0.2) is 0 Å². The number of amides is 2. The number of nitrogens with zero attached hydrogens (tertiary/aromatic N) is 1. The standard InChI is InChI=1S/C18H25FN2O2/c1-2-5-17(22)20-12-15-7-4-9-21(13-15)18(23)11-14-6-3-8-16(19)10-14/h3,6,8,10,15H,2,4-5,7,9,11-13H2,1H3,(H,20,22). The van der Waals surface area contributed by atoms with E-state index in [0.717, 1.165) is 25.8 Å². The van der Waals surface area contributed by atoms with Crippen molar-refractivity contribution in [2.24, 2.45) is 5.92 Å². The van der Waals surface area contributed by atoms with Crippen LogP contribution >= 0.6 is 0 Å². The van der Waals surface area contributed by atoms with Crippen LogP contribution in [0.1, 0.15) is 38.2 Å². The molecule has 1 atom stereocenters. The molecule has 1 heterocycles. The highest BCUT2D eigenvalue weighted by Gasteiger charge is 2.24. The minimum atomic E-state index is -0.314. The van der Waals surface area contributed by atoms with Crippen molar-refractivity contribution in [1.82, 2.24) is 10.2 Å². The number of hydrogen-bond donors (Lipinski definition) is 1. The minimum Gasteiger partial charge on any atom is -0.356 e. The number of hydrogen-bond acceptors (Lipinski definition) is 2. The quantitative estimate of drug-likeness (QED) is 0.875. The highest BCUT2D eigenvalue weighted by molar-refractivity contribution is 5.79. The molecule has 0 aliphatic carbocycles. The Morgan fingerprint density at radius 1 is 1.39 bits per heavy atom. The maximum atomic E-state index is 13.2. The lowest BCUT2D eigenvalue weighted by Crippen LogP contribution is -2.44. The van der Waals surface area contributed by atoms with Crippen LogP contribution in [0.4, 0.5) is 4.39 Å². The highest BCUT2D eigenvalue weighted by Crippen LogP contribution is 2.17. The van der Waals surface area contributed by atoms with Crippen molar-refractivity contribution < 1.29 is 14.0 Å². The van der Waals surface area contributed by atoms with Gasteiger partial charge in [0.25, 0.3) is 0 Å². The van der Waals surface area contributed by atoms with Gasteiger partial charge >= 0.3 is 0 Å². The fourth-order valence-corrected chi connectivity index (χ4v) is 2.97. The van der Waals surface area contributed by atoms with Gasteiger partial charge in [-0.3, -0.25) is 9.59 Å². The molecule has 1 aromatic rings. The Hall–Kier alpha value is -1.91. The zero-order valence-corrected chi connectivity index (χ0v) is 13.7. The summed E-state index contributed by atoms with van der Waals surface area (Å²) in [5, 5.41) is 2.94. The molecule has 1 aromatic carbocycles. The van der Waals surface area contributed by atoms with Crippen molar-refractivity contribution in [2.45, 2.75) is 39.0 Å². The monoisotopic (exact) mass is 320 g/mol. The van der Waals surface area contributed by atoms with Gasteiger partial charge in [0.1, 0.15) is 5.82 Å². The summed E-state index contributed by atoms with van der Waals surface area (Å²) in [6.45, 7) is 4.02. The van der Waals surface area contributed by atoms with E-state index < -0.39 is 0 Å². The second-order valence-corrected chi connectivity index (χ2v) is 6.21. The Labute approximate surface area is 137 Å². The first kappa shape index (κ1) is 17.4. The van der Waals surface area contributed by atoms with Gasteiger partial charge in [-0.1, -0.05) is 19.1 Å². The number of halogens is 1. The maximum absolute atomic E-state index is 13.2. The Morgan fingerprint density at radius 2 is 2.22 bits per heavy atom. The average Bonchev–Trinajstić information content (AvgIpc) is 2.53. The number of carbonyl (C=O) groups is 2. The van der Waals surface area contributed by atoms with Gasteiger partial charge in [-0.25, -0.2) is 4.39 Å². The third kappa shape index (κ3) is 5.66. The normalized spacial score (nSPS) is 17.8. The molecule has 2 rings (SSSR count). The second kappa shape index (κ2) is 8.65. The van der Waals surface area contributed by atoms with E-state index >= 15 is 0 Å². The van der Waals surface area contributed by atoms with Crippen LogP contribution in [0.5, 0.6) is 0 Å². The lowest BCUT2D eigenvalue weighted by Gasteiger charge is -2.33. The topological polar surface area (TPSA) is 49.4 Å². The third-order valence-corrected chi connectivity index (χ3v) is 4.18. The number of nitrogens with one attached hydrogen (secondary N) is 1. The molecule has 1 unspecified atom stereocenters. The molecular weight excluding hydrogens is 295 g/mol. The molecule has 1 aliphatic heterocycles. The van der Waals surface area contributed by atoms with Crippen LogP contribution in [0.3, 0.4) is 0 Å². The zero-order valence-electron chi connectivity index (χ0n) is 13.7. The van der Waals surface area contributed by atoms with E-state index in [1.807, 2.05) is 11.8 Å². The highest BCUT2D eigenvalue weighted by atomic mass is 19.1. The van der Waals surface area contributed by atoms with Gasteiger partial charge in [-0.15, -0.1) is 0 Å². The van der Waals surface area contributed by atoms with E-state index in [2.05, 4.69) is 5.32 Å². The van der Waals surface area contributed by atoms with E-state index in [1.165, 1.54) is 12.1 Å². The van der Waals surface area contributed by atoms with Gasteiger partial charge < -0.3 is 10.2 Å². The van der Waals surface area contributed by atoms with Gasteiger partial charge in [0, 0.05) is 26.1 Å². The van der Waals surface area contributed by atoms with Gasteiger partial charge in [0.05, 0.1) is 6.42 Å². The summed E-state index contributed by atoms with van der Waals surface area (Å²) in [5.74, 6) is 0.0994. The molecule has 0 saturated carbocycles. The SMILES string of the molecule is CCCC(=O)NCC1CCCN(C(=O)Cc2cccc(F)c2)C1. The number of rotatable bonds is 6. The summed E-state index contributed by atoms with van der Waals surface area (Å²) >= 11 is 0. The largest absolute Gasteiger partial charge is 0.356 e. The molecule has 5 heteroatoms. The van der Waals surface area contributed by atoms with Crippen LogP contribution in [0.2, 0.25) is 0 Å². The number of piperidine rings is 1. The predicted molar refractivity (Wildman–Crippen MR) is 87.3 cm³/mol. The van der Waals surface area contributed by atoms with Crippen molar-refractivity contribution in [2.75, 3.05) is 19.6 Å². The first-order valence-corrected chi connectivity index (χ1v) is 8.37.